The quantitative estimate of drug-likeness (QED) is 0.692. The molecule has 0 unspecified atom stereocenters. The third-order valence-electron chi connectivity index (χ3n) is 2.17. The average molecular weight is 196 g/mol. The maximum Gasteiger partial charge on any atom is 0.328 e. The van der Waals surface area contributed by atoms with Gasteiger partial charge in [-0.05, 0) is 6.92 Å². The summed E-state index contributed by atoms with van der Waals surface area (Å²) < 4.78 is 6.53. The van der Waals surface area contributed by atoms with Crippen molar-refractivity contribution in [1.82, 2.24) is 9.55 Å². The van der Waals surface area contributed by atoms with Gasteiger partial charge in [0.15, 0.2) is 0 Å². The molecule has 1 rings (SSSR count). The zero-order valence-electron chi connectivity index (χ0n) is 9.02. The molecule has 0 N–H and O–H groups in total. The molecule has 1 heterocycles. The van der Waals surface area contributed by atoms with Gasteiger partial charge in [-0.15, -0.1) is 0 Å². The van der Waals surface area contributed by atoms with Crippen LogP contribution in [0.5, 0.6) is 0 Å². The summed E-state index contributed by atoms with van der Waals surface area (Å²) >= 11 is 0. The van der Waals surface area contributed by atoms with Crippen LogP contribution in [0.4, 0.5) is 0 Å². The Balaban J connectivity index is 2.94. The van der Waals surface area contributed by atoms with Crippen molar-refractivity contribution < 1.29 is 9.53 Å². The largest absolute Gasteiger partial charge is 0.467 e. The second-order valence-corrected chi connectivity index (χ2v) is 3.55. The van der Waals surface area contributed by atoms with Crippen LogP contribution in [-0.2, 0) is 9.53 Å². The first-order chi connectivity index (χ1) is 6.57. The van der Waals surface area contributed by atoms with Crippen LogP contribution in [0.3, 0.4) is 0 Å². The molecule has 0 radical (unpaired) electrons. The predicted octanol–water partition coefficient (Wildman–Crippen LogP) is 1.74. The summed E-state index contributed by atoms with van der Waals surface area (Å²) in [5, 5.41) is 0. The van der Waals surface area contributed by atoms with E-state index in [1.165, 1.54) is 7.11 Å². The molecule has 0 aliphatic heterocycles. The Morgan fingerprint density at radius 3 is 2.64 bits per heavy atom. The van der Waals surface area contributed by atoms with Crippen molar-refractivity contribution in [3.8, 4) is 0 Å². The third-order valence-corrected chi connectivity index (χ3v) is 2.17. The summed E-state index contributed by atoms with van der Waals surface area (Å²) in [4.78, 5) is 15.5. The number of imidazole rings is 1. The van der Waals surface area contributed by atoms with Crippen molar-refractivity contribution in [3.05, 3.63) is 18.2 Å². The summed E-state index contributed by atoms with van der Waals surface area (Å²) in [6, 6.07) is -0.306. The SMILES string of the molecule is COC(=O)[C@@H](C)n1ccnc1C(C)C. The highest BCUT2D eigenvalue weighted by Gasteiger charge is 2.19. The minimum atomic E-state index is -0.306. The van der Waals surface area contributed by atoms with E-state index in [1.54, 1.807) is 19.3 Å². The summed E-state index contributed by atoms with van der Waals surface area (Å²) in [6.07, 6.45) is 3.51. The first-order valence-corrected chi connectivity index (χ1v) is 4.68. The van der Waals surface area contributed by atoms with Crippen molar-refractivity contribution in [2.24, 2.45) is 0 Å². The molecule has 4 nitrogen and oxygen atoms in total. The zero-order chi connectivity index (χ0) is 10.7. The molecule has 0 aliphatic rings. The molecule has 1 aromatic heterocycles. The van der Waals surface area contributed by atoms with Crippen LogP contribution in [0.1, 0.15) is 38.6 Å². The van der Waals surface area contributed by atoms with Crippen molar-refractivity contribution in [2.45, 2.75) is 32.7 Å². The lowest BCUT2D eigenvalue weighted by atomic mass is 10.2. The number of rotatable bonds is 3. The maximum absolute atomic E-state index is 11.3. The monoisotopic (exact) mass is 196 g/mol. The van der Waals surface area contributed by atoms with Crippen molar-refractivity contribution >= 4 is 5.97 Å². The standard InChI is InChI=1S/C10H16N2O2/c1-7(2)9-11-5-6-12(9)8(3)10(13)14-4/h5-8H,1-4H3/t8-/m1/s1. The molecule has 0 aliphatic carbocycles. The van der Waals surface area contributed by atoms with Crippen LogP contribution < -0.4 is 0 Å². The van der Waals surface area contributed by atoms with Gasteiger partial charge in [0.1, 0.15) is 11.9 Å². The Bertz CT molecular complexity index is 318. The molecule has 0 spiro atoms. The fraction of sp³-hybridized carbons (Fsp3) is 0.600. The first-order valence-electron chi connectivity index (χ1n) is 4.68. The van der Waals surface area contributed by atoms with Gasteiger partial charge >= 0.3 is 5.97 Å². The van der Waals surface area contributed by atoms with Gasteiger partial charge in [-0.3, -0.25) is 0 Å². The molecule has 0 saturated heterocycles. The van der Waals surface area contributed by atoms with Gasteiger partial charge in [-0.2, -0.15) is 0 Å². The molecule has 1 aromatic rings. The number of carbonyl (C=O) groups excluding carboxylic acids is 1. The first kappa shape index (κ1) is 10.8. The topological polar surface area (TPSA) is 44.1 Å². The van der Waals surface area contributed by atoms with Crippen LogP contribution in [0.25, 0.3) is 0 Å². The molecular formula is C10H16N2O2. The van der Waals surface area contributed by atoms with Gasteiger partial charge in [0, 0.05) is 18.3 Å². The minimum Gasteiger partial charge on any atom is -0.467 e. The molecule has 0 fully saturated rings. The number of hydrogen-bond acceptors (Lipinski definition) is 3. The van der Waals surface area contributed by atoms with Gasteiger partial charge in [0.2, 0.25) is 0 Å². The number of aromatic nitrogens is 2. The minimum absolute atomic E-state index is 0.245. The second kappa shape index (κ2) is 4.26. The van der Waals surface area contributed by atoms with E-state index in [-0.39, 0.29) is 12.0 Å². The highest BCUT2D eigenvalue weighted by Crippen LogP contribution is 2.17. The Labute approximate surface area is 83.9 Å². The summed E-state index contributed by atoms with van der Waals surface area (Å²) in [6.45, 7) is 5.89. The van der Waals surface area contributed by atoms with E-state index in [9.17, 15) is 4.79 Å². The average Bonchev–Trinajstić information content (AvgIpc) is 2.63. The lowest BCUT2D eigenvalue weighted by Crippen LogP contribution is -2.19. The Morgan fingerprint density at radius 1 is 1.50 bits per heavy atom. The van der Waals surface area contributed by atoms with Gasteiger partial charge in [0.05, 0.1) is 7.11 Å². The number of carbonyl (C=O) groups is 1. The Morgan fingerprint density at radius 2 is 2.14 bits per heavy atom. The molecule has 78 valence electrons. The van der Waals surface area contributed by atoms with Gasteiger partial charge in [0.25, 0.3) is 0 Å². The Kier molecular flexibility index (Phi) is 3.28. The van der Waals surface area contributed by atoms with Crippen molar-refractivity contribution in [1.29, 1.82) is 0 Å². The molecule has 0 bridgehead atoms. The lowest BCUT2D eigenvalue weighted by Gasteiger charge is -2.15. The predicted molar refractivity (Wildman–Crippen MR) is 53.0 cm³/mol. The van der Waals surface area contributed by atoms with E-state index in [4.69, 9.17) is 0 Å². The smallest absolute Gasteiger partial charge is 0.328 e. The number of esters is 1. The fourth-order valence-corrected chi connectivity index (χ4v) is 1.38. The Hall–Kier alpha value is -1.32. The molecule has 0 aromatic carbocycles. The number of ether oxygens (including phenoxy) is 1. The van der Waals surface area contributed by atoms with Gasteiger partial charge in [-0.1, -0.05) is 13.8 Å². The van der Waals surface area contributed by atoms with Crippen molar-refractivity contribution in [2.75, 3.05) is 7.11 Å². The molecule has 1 atom stereocenters. The van der Waals surface area contributed by atoms with E-state index in [0.29, 0.717) is 5.92 Å². The van der Waals surface area contributed by atoms with E-state index < -0.39 is 0 Å². The van der Waals surface area contributed by atoms with Crippen LogP contribution in [0.15, 0.2) is 12.4 Å². The number of nitrogens with zero attached hydrogens (tertiary/aromatic N) is 2. The van der Waals surface area contributed by atoms with Gasteiger partial charge in [-0.25, -0.2) is 9.78 Å². The molecule has 0 amide bonds. The normalized spacial score (nSPS) is 12.9. The van der Waals surface area contributed by atoms with E-state index in [1.807, 2.05) is 18.4 Å². The van der Waals surface area contributed by atoms with Gasteiger partial charge < -0.3 is 9.30 Å². The highest BCUT2D eigenvalue weighted by molar-refractivity contribution is 5.73. The van der Waals surface area contributed by atoms with Crippen LogP contribution in [0, 0.1) is 0 Å². The molecule has 14 heavy (non-hydrogen) atoms. The highest BCUT2D eigenvalue weighted by atomic mass is 16.5. The zero-order valence-corrected chi connectivity index (χ0v) is 9.02. The number of hydrogen-bond donors (Lipinski definition) is 0. The number of methoxy groups -OCH3 is 1. The van der Waals surface area contributed by atoms with Crippen LogP contribution >= 0.6 is 0 Å². The van der Waals surface area contributed by atoms with E-state index in [0.717, 1.165) is 5.82 Å². The molecule has 4 heteroatoms. The van der Waals surface area contributed by atoms with Crippen molar-refractivity contribution in [3.63, 3.8) is 0 Å². The molecule has 0 saturated carbocycles. The summed E-state index contributed by atoms with van der Waals surface area (Å²) in [7, 11) is 1.39. The maximum atomic E-state index is 11.3. The summed E-state index contributed by atoms with van der Waals surface area (Å²) in [5.41, 5.74) is 0. The van der Waals surface area contributed by atoms with Crippen LogP contribution in [-0.4, -0.2) is 22.6 Å². The second-order valence-electron chi connectivity index (χ2n) is 3.55. The fourth-order valence-electron chi connectivity index (χ4n) is 1.38. The van der Waals surface area contributed by atoms with E-state index in [2.05, 4.69) is 9.72 Å². The lowest BCUT2D eigenvalue weighted by molar-refractivity contribution is -0.144. The summed E-state index contributed by atoms with van der Waals surface area (Å²) in [5.74, 6) is 0.963. The molecular weight excluding hydrogens is 180 g/mol. The van der Waals surface area contributed by atoms with E-state index >= 15 is 0 Å². The third kappa shape index (κ3) is 1.95. The van der Waals surface area contributed by atoms with Crippen LogP contribution in [0.2, 0.25) is 0 Å².